The Morgan fingerprint density at radius 3 is 2.70 bits per heavy atom. The molecule has 0 radical (unpaired) electrons. The molecule has 37 heavy (non-hydrogen) atoms. The first kappa shape index (κ1) is 26.7. The minimum Gasteiger partial charge on any atom is -0.496 e. The number of halogens is 3. The number of amides is 1. The van der Waals surface area contributed by atoms with Crippen LogP contribution in [0.3, 0.4) is 0 Å². The summed E-state index contributed by atoms with van der Waals surface area (Å²) in [5.41, 5.74) is 1.95. The molecular formula is C24H24Cl3N7O3. The number of piperidine rings is 1. The average molecular weight is 565 g/mol. The number of likely N-dealkylation sites (tertiary alicyclic amines) is 1. The van der Waals surface area contributed by atoms with Gasteiger partial charge in [0.25, 0.3) is 11.5 Å². The molecule has 1 saturated heterocycles. The predicted octanol–water partition coefficient (Wildman–Crippen LogP) is 4.34. The Balaban J connectivity index is 0.00000320. The third-order valence-corrected chi connectivity index (χ3v) is 6.97. The zero-order chi connectivity index (χ0) is 25.2. The summed E-state index contributed by atoms with van der Waals surface area (Å²) in [7, 11) is 1.53. The van der Waals surface area contributed by atoms with E-state index in [0.717, 1.165) is 5.56 Å². The number of pyridine rings is 1. The lowest BCUT2D eigenvalue weighted by atomic mass is 10.0. The number of rotatable bonds is 6. The van der Waals surface area contributed by atoms with Crippen molar-refractivity contribution in [3.05, 3.63) is 74.4 Å². The number of carbonyl (C=O) groups excluding carboxylic acids is 1. The summed E-state index contributed by atoms with van der Waals surface area (Å²) in [5, 5.41) is 8.50. The maximum atomic E-state index is 13.0. The molecule has 2 N–H and O–H groups in total. The summed E-state index contributed by atoms with van der Waals surface area (Å²) in [4.78, 5) is 39.0. The van der Waals surface area contributed by atoms with Crippen molar-refractivity contribution < 1.29 is 9.53 Å². The molecule has 3 aromatic heterocycles. The Kier molecular flexibility index (Phi) is 8.21. The molecule has 13 heteroatoms. The first-order valence-electron chi connectivity index (χ1n) is 11.4. The molecule has 0 bridgehead atoms. The highest BCUT2D eigenvalue weighted by atomic mass is 35.5. The monoisotopic (exact) mass is 563 g/mol. The van der Waals surface area contributed by atoms with Gasteiger partial charge in [-0.05, 0) is 36.6 Å². The smallest absolute Gasteiger partial charge is 0.278 e. The predicted molar refractivity (Wildman–Crippen MR) is 144 cm³/mol. The van der Waals surface area contributed by atoms with E-state index in [1.807, 2.05) is 6.07 Å². The van der Waals surface area contributed by atoms with Crippen LogP contribution >= 0.6 is 35.6 Å². The van der Waals surface area contributed by atoms with Crippen LogP contribution in [0, 0.1) is 0 Å². The van der Waals surface area contributed by atoms with Gasteiger partial charge in [0.05, 0.1) is 35.0 Å². The molecule has 1 aliphatic heterocycles. The first-order chi connectivity index (χ1) is 17.4. The summed E-state index contributed by atoms with van der Waals surface area (Å²) in [6, 6.07) is 6.96. The van der Waals surface area contributed by atoms with Crippen molar-refractivity contribution in [1.82, 2.24) is 29.6 Å². The Morgan fingerprint density at radius 2 is 1.97 bits per heavy atom. The summed E-state index contributed by atoms with van der Waals surface area (Å²) < 4.78 is 7.02. The van der Waals surface area contributed by atoms with Crippen molar-refractivity contribution in [2.75, 3.05) is 25.5 Å². The highest BCUT2D eigenvalue weighted by Crippen LogP contribution is 2.27. The fourth-order valence-corrected chi connectivity index (χ4v) is 4.69. The van der Waals surface area contributed by atoms with Crippen molar-refractivity contribution in [3.8, 4) is 5.75 Å². The van der Waals surface area contributed by atoms with E-state index in [1.54, 1.807) is 40.2 Å². The van der Waals surface area contributed by atoms with Crippen LogP contribution in [0.25, 0.3) is 11.0 Å². The van der Waals surface area contributed by atoms with Gasteiger partial charge in [-0.15, -0.1) is 12.4 Å². The molecule has 4 heterocycles. The highest BCUT2D eigenvalue weighted by molar-refractivity contribution is 6.42. The average Bonchev–Trinajstić information content (AvgIpc) is 3.33. The Labute approximate surface area is 228 Å². The van der Waals surface area contributed by atoms with Crippen LogP contribution in [0.1, 0.15) is 34.8 Å². The number of anilines is 1. The molecule has 0 spiro atoms. The molecule has 0 unspecified atom stereocenters. The van der Waals surface area contributed by atoms with Crippen LogP contribution in [0.15, 0.2) is 47.7 Å². The number of hydrogen-bond donors (Lipinski definition) is 2. The number of aromatic nitrogens is 5. The minimum atomic E-state index is -0.284. The zero-order valence-corrected chi connectivity index (χ0v) is 22.1. The minimum absolute atomic E-state index is 0. The fraction of sp³-hybridized carbons (Fsp3) is 0.292. The summed E-state index contributed by atoms with van der Waals surface area (Å²) in [6.45, 7) is 1.46. The second-order valence-corrected chi connectivity index (χ2v) is 9.25. The number of benzene rings is 1. The van der Waals surface area contributed by atoms with E-state index in [4.69, 9.17) is 27.9 Å². The third-order valence-electron chi connectivity index (χ3n) is 6.23. The van der Waals surface area contributed by atoms with Gasteiger partial charge in [-0.1, -0.05) is 29.3 Å². The van der Waals surface area contributed by atoms with Crippen LogP contribution in [0.5, 0.6) is 5.75 Å². The number of ether oxygens (including phenoxy) is 1. The van der Waals surface area contributed by atoms with Gasteiger partial charge in [-0.3, -0.25) is 24.2 Å². The SMILES string of the molecule is COc1ccncc1C(=O)N1CCC(n2ncc3nc(NCc4ccc(Cl)c(Cl)c4)[nH]c(=O)c32)CC1.Cl. The molecule has 0 saturated carbocycles. The Bertz CT molecular complexity index is 1480. The van der Waals surface area contributed by atoms with Gasteiger partial charge in [-0.25, -0.2) is 4.98 Å². The summed E-state index contributed by atoms with van der Waals surface area (Å²) in [5.74, 6) is 0.710. The highest BCUT2D eigenvalue weighted by Gasteiger charge is 2.28. The summed E-state index contributed by atoms with van der Waals surface area (Å²) in [6.07, 6.45) is 6.01. The topological polar surface area (TPSA) is 118 Å². The molecular weight excluding hydrogens is 541 g/mol. The van der Waals surface area contributed by atoms with Gasteiger partial charge in [0.15, 0.2) is 5.52 Å². The number of nitrogens with zero attached hydrogens (tertiary/aromatic N) is 5. The molecule has 1 aliphatic rings. The molecule has 5 rings (SSSR count). The number of nitrogens with one attached hydrogen (secondary N) is 2. The number of carbonyl (C=O) groups is 1. The lowest BCUT2D eigenvalue weighted by Crippen LogP contribution is -2.39. The molecule has 0 atom stereocenters. The van der Waals surface area contributed by atoms with Crippen LogP contribution in [0.2, 0.25) is 10.0 Å². The van der Waals surface area contributed by atoms with E-state index in [-0.39, 0.29) is 29.9 Å². The quantitative estimate of drug-likeness (QED) is 0.358. The number of hydrogen-bond acceptors (Lipinski definition) is 7. The van der Waals surface area contributed by atoms with Crippen LogP contribution in [0.4, 0.5) is 5.95 Å². The molecule has 1 aromatic carbocycles. The van der Waals surface area contributed by atoms with Crippen LogP contribution in [-0.4, -0.2) is 55.7 Å². The Morgan fingerprint density at radius 1 is 1.19 bits per heavy atom. The van der Waals surface area contributed by atoms with Gasteiger partial charge in [0.2, 0.25) is 5.95 Å². The van der Waals surface area contributed by atoms with Gasteiger partial charge >= 0.3 is 0 Å². The van der Waals surface area contributed by atoms with E-state index in [9.17, 15) is 9.59 Å². The lowest BCUT2D eigenvalue weighted by molar-refractivity contribution is 0.0688. The van der Waals surface area contributed by atoms with Crippen LogP contribution in [-0.2, 0) is 6.54 Å². The van der Waals surface area contributed by atoms with E-state index in [0.29, 0.717) is 70.8 Å². The van der Waals surface area contributed by atoms with Crippen molar-refractivity contribution in [3.63, 3.8) is 0 Å². The van der Waals surface area contributed by atoms with E-state index < -0.39 is 0 Å². The number of aromatic amines is 1. The standard InChI is InChI=1S/C24H23Cl2N7O3.ClH/c1-36-20-4-7-27-12-16(20)23(35)32-8-5-15(6-9-32)33-21-19(13-29-33)30-24(31-22(21)34)28-11-14-2-3-17(25)18(26)10-14;/h2-4,7,10,12-13,15H,5-6,8-9,11H2,1H3,(H2,28,30,31,34);1H. The lowest BCUT2D eigenvalue weighted by Gasteiger charge is -2.32. The molecule has 0 aliphatic carbocycles. The maximum Gasteiger partial charge on any atom is 0.278 e. The number of H-pyrrole nitrogens is 1. The molecule has 1 amide bonds. The van der Waals surface area contributed by atoms with Crippen molar-refractivity contribution >= 4 is 58.5 Å². The van der Waals surface area contributed by atoms with Crippen LogP contribution < -0.4 is 15.6 Å². The molecule has 1 fully saturated rings. The normalized spacial score (nSPS) is 13.9. The molecule has 194 valence electrons. The van der Waals surface area contributed by atoms with E-state index >= 15 is 0 Å². The van der Waals surface area contributed by atoms with E-state index in [1.165, 1.54) is 13.3 Å². The third kappa shape index (κ3) is 5.51. The number of methoxy groups -OCH3 is 1. The molecule has 4 aromatic rings. The van der Waals surface area contributed by atoms with Crippen molar-refractivity contribution in [2.24, 2.45) is 0 Å². The van der Waals surface area contributed by atoms with Gasteiger partial charge in [-0.2, -0.15) is 5.10 Å². The maximum absolute atomic E-state index is 13.0. The van der Waals surface area contributed by atoms with Crippen molar-refractivity contribution in [1.29, 1.82) is 0 Å². The number of fused-ring (bicyclic) bond motifs is 1. The molecule has 10 nitrogen and oxygen atoms in total. The van der Waals surface area contributed by atoms with Gasteiger partial charge in [0, 0.05) is 32.0 Å². The summed E-state index contributed by atoms with van der Waals surface area (Å²) >= 11 is 12.0. The largest absolute Gasteiger partial charge is 0.496 e. The zero-order valence-electron chi connectivity index (χ0n) is 19.8. The van der Waals surface area contributed by atoms with E-state index in [2.05, 4.69) is 25.4 Å². The fourth-order valence-electron chi connectivity index (χ4n) is 4.37. The second-order valence-electron chi connectivity index (χ2n) is 8.44. The second kappa shape index (κ2) is 11.4. The first-order valence-corrected chi connectivity index (χ1v) is 12.1. The van der Waals surface area contributed by atoms with Gasteiger partial charge < -0.3 is 15.0 Å². The van der Waals surface area contributed by atoms with Gasteiger partial charge in [0.1, 0.15) is 11.3 Å². The van der Waals surface area contributed by atoms with Crippen molar-refractivity contribution in [2.45, 2.75) is 25.4 Å². The Hall–Kier alpha value is -3.34.